The largest absolute Gasteiger partial charge is 0.444 e. The van der Waals surface area contributed by atoms with Gasteiger partial charge in [-0.15, -0.1) is 0 Å². The fourth-order valence-corrected chi connectivity index (χ4v) is 2.47. The number of benzene rings is 2. The number of rotatable bonds is 5. The van der Waals surface area contributed by atoms with Gasteiger partial charge < -0.3 is 4.74 Å². The molecule has 0 unspecified atom stereocenters. The maximum atomic E-state index is 14.1. The van der Waals surface area contributed by atoms with Crippen molar-refractivity contribution in [1.82, 2.24) is 4.98 Å². The summed E-state index contributed by atoms with van der Waals surface area (Å²) in [6, 6.07) is 17.1. The van der Waals surface area contributed by atoms with E-state index >= 15 is 0 Å². The molecule has 0 aliphatic heterocycles. The lowest BCUT2D eigenvalue weighted by Gasteiger charge is -2.21. The van der Waals surface area contributed by atoms with Gasteiger partial charge in [0.05, 0.1) is 12.1 Å². The molecule has 0 spiro atoms. The molecule has 0 atom stereocenters. The van der Waals surface area contributed by atoms with Crippen LogP contribution in [-0.2, 0) is 17.9 Å². The molecule has 28 heavy (non-hydrogen) atoms. The Kier molecular flexibility index (Phi) is 5.92. The second-order valence-corrected chi connectivity index (χ2v) is 5.88. The van der Waals surface area contributed by atoms with Gasteiger partial charge in [0, 0.05) is 17.8 Å². The van der Waals surface area contributed by atoms with Crippen LogP contribution < -0.4 is 4.90 Å². The van der Waals surface area contributed by atoms with Crippen LogP contribution in [0.5, 0.6) is 0 Å². The van der Waals surface area contributed by atoms with E-state index in [2.05, 4.69) is 4.98 Å². The van der Waals surface area contributed by atoms with Crippen molar-refractivity contribution in [2.45, 2.75) is 13.2 Å². The van der Waals surface area contributed by atoms with Crippen molar-refractivity contribution in [3.05, 3.63) is 95.2 Å². The average molecular weight is 379 g/mol. The van der Waals surface area contributed by atoms with Crippen LogP contribution in [0.2, 0.25) is 0 Å². The number of halogens is 2. The van der Waals surface area contributed by atoms with E-state index < -0.39 is 17.7 Å². The van der Waals surface area contributed by atoms with E-state index in [1.54, 1.807) is 12.1 Å². The molecule has 0 radical (unpaired) electrons. The summed E-state index contributed by atoms with van der Waals surface area (Å²) in [6.45, 7) is -0.184. The van der Waals surface area contributed by atoms with Crippen molar-refractivity contribution in [2.75, 3.05) is 4.90 Å². The van der Waals surface area contributed by atoms with Crippen LogP contribution in [0.15, 0.2) is 66.9 Å². The van der Waals surface area contributed by atoms with Gasteiger partial charge in [0.2, 0.25) is 0 Å². The highest BCUT2D eigenvalue weighted by Gasteiger charge is 2.21. The lowest BCUT2D eigenvalue weighted by Crippen LogP contribution is -2.32. The maximum Gasteiger partial charge on any atom is 0.416 e. The molecule has 1 aromatic heterocycles. The fraction of sp³-hybridized carbons (Fsp3) is 0.0952. The summed E-state index contributed by atoms with van der Waals surface area (Å²) >= 11 is 0. The van der Waals surface area contributed by atoms with Crippen LogP contribution in [-0.4, -0.2) is 11.1 Å². The second kappa shape index (κ2) is 8.73. The quantitative estimate of drug-likeness (QED) is 0.651. The molecule has 0 saturated carbocycles. The topological polar surface area (TPSA) is 66.2 Å². The van der Waals surface area contributed by atoms with Crippen LogP contribution in [0, 0.1) is 23.0 Å². The van der Waals surface area contributed by atoms with Gasteiger partial charge in [-0.25, -0.2) is 18.6 Å². The lowest BCUT2D eigenvalue weighted by molar-refractivity contribution is 0.146. The predicted octanol–water partition coefficient (Wildman–Crippen LogP) is 4.57. The number of hydrogen-bond donors (Lipinski definition) is 0. The highest BCUT2D eigenvalue weighted by atomic mass is 19.1. The Balaban J connectivity index is 1.84. The molecule has 2 aromatic carbocycles. The Morgan fingerprint density at radius 3 is 2.54 bits per heavy atom. The molecule has 1 heterocycles. The maximum absolute atomic E-state index is 14.1. The van der Waals surface area contributed by atoms with Crippen LogP contribution in [0.1, 0.15) is 16.7 Å². The molecule has 140 valence electrons. The zero-order valence-electron chi connectivity index (χ0n) is 14.7. The van der Waals surface area contributed by atoms with E-state index in [-0.39, 0.29) is 24.5 Å². The Morgan fingerprint density at radius 2 is 1.89 bits per heavy atom. The first-order chi connectivity index (χ1) is 13.6. The van der Waals surface area contributed by atoms with Crippen molar-refractivity contribution >= 4 is 11.9 Å². The summed E-state index contributed by atoms with van der Waals surface area (Å²) in [7, 11) is 0. The minimum atomic E-state index is -0.783. The number of aromatic nitrogens is 1. The van der Waals surface area contributed by atoms with Gasteiger partial charge in [0.15, 0.2) is 0 Å². The minimum absolute atomic E-state index is 0.0261. The van der Waals surface area contributed by atoms with E-state index in [0.717, 1.165) is 22.6 Å². The molecule has 0 N–H and O–H groups in total. The SMILES string of the molecule is N#Cc1ccc(N(Cc2ccc(F)cc2F)C(=O)OCc2ccccc2)nc1. The second-order valence-electron chi connectivity index (χ2n) is 5.88. The van der Waals surface area contributed by atoms with E-state index in [1.807, 2.05) is 24.3 Å². The highest BCUT2D eigenvalue weighted by molar-refractivity contribution is 5.86. The molecule has 0 aliphatic rings. The van der Waals surface area contributed by atoms with Crippen LogP contribution in [0.4, 0.5) is 19.4 Å². The number of amides is 1. The lowest BCUT2D eigenvalue weighted by atomic mass is 10.2. The Hall–Kier alpha value is -3.79. The summed E-state index contributed by atoms with van der Waals surface area (Å²) in [5, 5.41) is 8.90. The number of anilines is 1. The molecule has 1 amide bonds. The van der Waals surface area contributed by atoms with Gasteiger partial charge in [0.25, 0.3) is 0 Å². The smallest absolute Gasteiger partial charge is 0.416 e. The first-order valence-electron chi connectivity index (χ1n) is 8.35. The third-order valence-electron chi connectivity index (χ3n) is 3.92. The number of nitriles is 1. The predicted molar refractivity (Wildman–Crippen MR) is 98.1 cm³/mol. The van der Waals surface area contributed by atoms with E-state index in [9.17, 15) is 13.6 Å². The molecule has 3 aromatic rings. The minimum Gasteiger partial charge on any atom is -0.444 e. The number of hydrogen-bond acceptors (Lipinski definition) is 4. The van der Waals surface area contributed by atoms with Gasteiger partial charge in [0.1, 0.15) is 30.1 Å². The van der Waals surface area contributed by atoms with E-state index in [4.69, 9.17) is 10.00 Å². The third-order valence-corrected chi connectivity index (χ3v) is 3.92. The van der Waals surface area contributed by atoms with Crippen molar-refractivity contribution in [3.63, 3.8) is 0 Å². The van der Waals surface area contributed by atoms with E-state index in [0.29, 0.717) is 5.56 Å². The molecule has 0 saturated heterocycles. The molecule has 0 aliphatic carbocycles. The zero-order valence-corrected chi connectivity index (χ0v) is 14.7. The Morgan fingerprint density at radius 1 is 1.11 bits per heavy atom. The third kappa shape index (κ3) is 4.68. The number of nitrogens with zero attached hydrogens (tertiary/aromatic N) is 3. The number of ether oxygens (including phenoxy) is 1. The van der Waals surface area contributed by atoms with Gasteiger partial charge in [-0.1, -0.05) is 36.4 Å². The Labute approximate surface area is 160 Å². The molecule has 3 rings (SSSR count). The standard InChI is InChI=1S/C21H15F2N3O2/c22-18-8-7-17(19(23)10-18)13-26(20-9-6-16(11-24)12-25-20)21(27)28-14-15-4-2-1-3-5-15/h1-10,12H,13-14H2. The first kappa shape index (κ1) is 19.0. The first-order valence-corrected chi connectivity index (χ1v) is 8.35. The molecule has 7 heteroatoms. The van der Waals surface area contributed by atoms with E-state index in [1.165, 1.54) is 24.4 Å². The normalized spacial score (nSPS) is 10.2. The summed E-state index contributed by atoms with van der Waals surface area (Å²) in [4.78, 5) is 17.9. The number of carbonyl (C=O) groups excluding carboxylic acids is 1. The van der Waals surface area contributed by atoms with Gasteiger partial charge in [-0.2, -0.15) is 5.26 Å². The van der Waals surface area contributed by atoms with Crippen LogP contribution in [0.3, 0.4) is 0 Å². The number of carbonyl (C=O) groups is 1. The van der Waals surface area contributed by atoms with Crippen molar-refractivity contribution in [3.8, 4) is 6.07 Å². The molecule has 0 fully saturated rings. The van der Waals surface area contributed by atoms with Gasteiger partial charge in [-0.05, 0) is 23.8 Å². The Bertz CT molecular complexity index is 1000. The molecular weight excluding hydrogens is 364 g/mol. The summed E-state index contributed by atoms with van der Waals surface area (Å²) < 4.78 is 32.6. The van der Waals surface area contributed by atoms with Gasteiger partial charge >= 0.3 is 6.09 Å². The van der Waals surface area contributed by atoms with Crippen molar-refractivity contribution < 1.29 is 18.3 Å². The zero-order chi connectivity index (χ0) is 19.9. The summed E-state index contributed by atoms with van der Waals surface area (Å²) in [5.41, 5.74) is 1.20. The highest BCUT2D eigenvalue weighted by Crippen LogP contribution is 2.19. The molecule has 5 nitrogen and oxygen atoms in total. The van der Waals surface area contributed by atoms with Gasteiger partial charge in [-0.3, -0.25) is 4.90 Å². The fourth-order valence-electron chi connectivity index (χ4n) is 2.47. The monoisotopic (exact) mass is 379 g/mol. The molecular formula is C21H15F2N3O2. The van der Waals surface area contributed by atoms with Crippen LogP contribution in [0.25, 0.3) is 0 Å². The summed E-state index contributed by atoms with van der Waals surface area (Å²) in [5.74, 6) is -1.31. The number of pyridine rings is 1. The molecule has 0 bridgehead atoms. The van der Waals surface area contributed by atoms with Crippen molar-refractivity contribution in [2.24, 2.45) is 0 Å². The average Bonchev–Trinajstić information content (AvgIpc) is 2.72. The summed E-state index contributed by atoms with van der Waals surface area (Å²) in [6.07, 6.45) is 0.554. The van der Waals surface area contributed by atoms with Crippen molar-refractivity contribution in [1.29, 1.82) is 5.26 Å². The van der Waals surface area contributed by atoms with Crippen LogP contribution >= 0.6 is 0 Å².